The minimum atomic E-state index is -2.72. The van der Waals surface area contributed by atoms with Crippen molar-refractivity contribution in [2.24, 2.45) is 22.7 Å². The lowest BCUT2D eigenvalue weighted by Crippen LogP contribution is -2.69. The molecule has 0 radical (unpaired) electrons. The van der Waals surface area contributed by atoms with Crippen LogP contribution in [0.4, 0.5) is 0 Å². The topological polar surface area (TPSA) is 169 Å². The van der Waals surface area contributed by atoms with Crippen molar-refractivity contribution in [2.45, 2.75) is 79.2 Å². The zero-order chi connectivity index (χ0) is 29.8. The molecule has 1 saturated carbocycles. The molecule has 39 heavy (non-hydrogen) atoms. The average Bonchev–Trinajstić information content (AvgIpc) is 2.74. The predicted molar refractivity (Wildman–Crippen MR) is 141 cm³/mol. The van der Waals surface area contributed by atoms with E-state index in [1.165, 1.54) is 13.0 Å². The van der Waals surface area contributed by atoms with Crippen molar-refractivity contribution >= 4 is 29.1 Å². The van der Waals surface area contributed by atoms with Gasteiger partial charge in [-0.3, -0.25) is 14.4 Å². The summed E-state index contributed by atoms with van der Waals surface area (Å²) in [5.41, 5.74) is -7.25. The summed E-state index contributed by atoms with van der Waals surface area (Å²) in [5, 5.41) is 56.3. The molecule has 0 spiro atoms. The van der Waals surface area contributed by atoms with Crippen molar-refractivity contribution in [3.05, 3.63) is 45.2 Å². The van der Waals surface area contributed by atoms with Crippen LogP contribution in [0.3, 0.4) is 0 Å². The number of hydrogen-bond donors (Lipinski definition) is 5. The van der Waals surface area contributed by atoms with Gasteiger partial charge in [0.25, 0.3) is 0 Å². The Morgan fingerprint density at radius 2 is 1.64 bits per heavy atom. The number of aromatic carboxylic acids is 1. The van der Waals surface area contributed by atoms with Gasteiger partial charge in [-0.25, -0.2) is 4.79 Å². The Morgan fingerprint density at radius 1 is 1.08 bits per heavy atom. The second-order valence-electron chi connectivity index (χ2n) is 13.2. The van der Waals surface area contributed by atoms with Gasteiger partial charge in [-0.05, 0) is 42.7 Å². The average molecular weight is 541 g/mol. The minimum Gasteiger partial charge on any atom is -0.508 e. The van der Waals surface area contributed by atoms with Gasteiger partial charge in [-0.1, -0.05) is 48.5 Å². The summed E-state index contributed by atoms with van der Waals surface area (Å²) >= 11 is 0. The Balaban J connectivity index is 2.14. The molecule has 3 aliphatic rings. The van der Waals surface area contributed by atoms with E-state index in [1.807, 2.05) is 0 Å². The summed E-state index contributed by atoms with van der Waals surface area (Å²) in [4.78, 5) is 52.7. The van der Waals surface area contributed by atoms with Crippen LogP contribution in [-0.4, -0.2) is 54.5 Å². The van der Waals surface area contributed by atoms with Crippen molar-refractivity contribution < 1.29 is 44.7 Å². The number of allylic oxidation sites excluding steroid dienone is 1. The summed E-state index contributed by atoms with van der Waals surface area (Å²) < 4.78 is 0. The first-order valence-electron chi connectivity index (χ1n) is 13.0. The number of benzene rings is 1. The number of aliphatic hydroxyl groups is 3. The standard InChI is InChI=1S/C30H36O9/c1-12(2)19-22(33)17(13(3)31)24(35)30(39)25(36)20-23(34)18-15(10-28(20,7)11-29(19,30)8)14(26(37)38)9-16(21(18)32)27(4,5)6/h9,12,19,32,34-35,39H,10-11H2,1-8H3,(H,37,38)/t19?,28-,29-,30+/m1/s1. The molecule has 3 aliphatic carbocycles. The second-order valence-corrected chi connectivity index (χ2v) is 13.2. The summed E-state index contributed by atoms with van der Waals surface area (Å²) in [6.45, 7) is 12.9. The van der Waals surface area contributed by atoms with Gasteiger partial charge in [-0.2, -0.15) is 0 Å². The lowest BCUT2D eigenvalue weighted by Gasteiger charge is -2.59. The molecule has 210 valence electrons. The number of Topliss-reactive ketones (excluding diaryl/α,β-unsaturated/α-hetero) is 3. The molecule has 0 saturated heterocycles. The molecule has 9 heteroatoms. The maximum Gasteiger partial charge on any atom is 0.336 e. The Morgan fingerprint density at radius 3 is 2.10 bits per heavy atom. The smallest absolute Gasteiger partial charge is 0.336 e. The SMILES string of the molecule is CC(=O)C1=C(O)[C@]2(O)C(=O)C3=C(O)c4c(O)c(C(C)(C)C)cc(C(=O)O)c4C[C@]3(C)C[C@]2(C)C(C(C)C)C1=O. The van der Waals surface area contributed by atoms with Crippen LogP contribution in [0.2, 0.25) is 0 Å². The number of ketones is 3. The van der Waals surface area contributed by atoms with E-state index in [0.29, 0.717) is 0 Å². The molecule has 1 unspecified atom stereocenters. The van der Waals surface area contributed by atoms with Crippen LogP contribution < -0.4 is 0 Å². The number of rotatable bonds is 3. The monoisotopic (exact) mass is 540 g/mol. The van der Waals surface area contributed by atoms with Crippen LogP contribution in [0.15, 0.2) is 23.0 Å². The van der Waals surface area contributed by atoms with Crippen LogP contribution in [0.25, 0.3) is 5.76 Å². The zero-order valence-electron chi connectivity index (χ0n) is 23.5. The van der Waals surface area contributed by atoms with Crippen molar-refractivity contribution in [2.75, 3.05) is 0 Å². The minimum absolute atomic E-state index is 0.0954. The summed E-state index contributed by atoms with van der Waals surface area (Å²) in [6, 6.07) is 1.37. The third-order valence-electron chi connectivity index (χ3n) is 9.04. The number of carbonyl (C=O) groups excluding carboxylic acids is 3. The third-order valence-corrected chi connectivity index (χ3v) is 9.04. The van der Waals surface area contributed by atoms with E-state index in [4.69, 9.17) is 0 Å². The molecule has 4 rings (SSSR count). The lowest BCUT2D eigenvalue weighted by atomic mass is 9.43. The number of aliphatic hydroxyl groups excluding tert-OH is 2. The largest absolute Gasteiger partial charge is 0.508 e. The Kier molecular flexibility index (Phi) is 6.05. The maximum atomic E-state index is 14.3. The lowest BCUT2D eigenvalue weighted by molar-refractivity contribution is -0.178. The normalized spacial score (nSPS) is 30.8. The zero-order valence-corrected chi connectivity index (χ0v) is 23.5. The molecule has 0 bridgehead atoms. The van der Waals surface area contributed by atoms with Crippen LogP contribution in [-0.2, 0) is 26.2 Å². The fourth-order valence-electron chi connectivity index (χ4n) is 7.55. The van der Waals surface area contributed by atoms with Crippen LogP contribution in [0.5, 0.6) is 5.75 Å². The summed E-state index contributed by atoms with van der Waals surface area (Å²) in [7, 11) is 0. The Labute approximate surface area is 226 Å². The summed E-state index contributed by atoms with van der Waals surface area (Å²) in [5.74, 6) is -7.46. The third kappa shape index (κ3) is 3.48. The molecule has 5 N–H and O–H groups in total. The van der Waals surface area contributed by atoms with Gasteiger partial charge in [-0.15, -0.1) is 0 Å². The van der Waals surface area contributed by atoms with Gasteiger partial charge in [0.05, 0.1) is 11.1 Å². The molecule has 4 atom stereocenters. The number of carboxylic acids is 1. The number of aromatic hydroxyl groups is 1. The van der Waals surface area contributed by atoms with Crippen LogP contribution >= 0.6 is 0 Å². The van der Waals surface area contributed by atoms with E-state index in [-0.39, 0.29) is 46.4 Å². The van der Waals surface area contributed by atoms with E-state index < -0.39 is 74.1 Å². The molecular weight excluding hydrogens is 504 g/mol. The number of phenolic OH excluding ortho intramolecular Hbond substituents is 1. The molecular formula is C30H36O9. The van der Waals surface area contributed by atoms with E-state index in [0.717, 1.165) is 6.92 Å². The van der Waals surface area contributed by atoms with Gasteiger partial charge in [0, 0.05) is 27.9 Å². The number of carboxylic acid groups (broad SMARTS) is 1. The molecule has 1 fully saturated rings. The number of phenols is 1. The molecule has 0 aromatic heterocycles. The highest BCUT2D eigenvalue weighted by atomic mass is 16.4. The number of carbonyl (C=O) groups is 4. The number of hydrogen-bond acceptors (Lipinski definition) is 8. The van der Waals surface area contributed by atoms with Crippen LogP contribution in [0, 0.1) is 22.7 Å². The Hall–Kier alpha value is -3.46. The number of fused-ring (bicyclic) bond motifs is 3. The molecule has 1 aromatic rings. The van der Waals surface area contributed by atoms with Crippen molar-refractivity contribution in [3.8, 4) is 5.75 Å². The van der Waals surface area contributed by atoms with E-state index in [1.54, 1.807) is 41.5 Å². The molecule has 0 heterocycles. The van der Waals surface area contributed by atoms with Crippen LogP contribution in [0.1, 0.15) is 88.9 Å². The predicted octanol–water partition coefficient (Wildman–Crippen LogP) is 4.19. The first-order chi connectivity index (χ1) is 17.7. The van der Waals surface area contributed by atoms with E-state index >= 15 is 0 Å². The van der Waals surface area contributed by atoms with Gasteiger partial charge >= 0.3 is 5.97 Å². The van der Waals surface area contributed by atoms with Gasteiger partial charge < -0.3 is 25.5 Å². The second kappa shape index (κ2) is 8.27. The molecule has 1 aromatic carbocycles. The Bertz CT molecular complexity index is 1440. The fraction of sp³-hybridized carbons (Fsp3) is 0.533. The van der Waals surface area contributed by atoms with E-state index in [9.17, 15) is 44.7 Å². The molecule has 0 amide bonds. The molecule has 9 nitrogen and oxygen atoms in total. The first kappa shape index (κ1) is 28.5. The van der Waals surface area contributed by atoms with Crippen molar-refractivity contribution in [3.63, 3.8) is 0 Å². The van der Waals surface area contributed by atoms with Gasteiger partial charge in [0.2, 0.25) is 5.78 Å². The quantitative estimate of drug-likeness (QED) is 0.353. The van der Waals surface area contributed by atoms with Gasteiger partial charge in [0.15, 0.2) is 17.2 Å². The summed E-state index contributed by atoms with van der Waals surface area (Å²) in [6.07, 6.45) is -0.201. The first-order valence-corrected chi connectivity index (χ1v) is 13.0. The highest BCUT2D eigenvalue weighted by molar-refractivity contribution is 6.24. The van der Waals surface area contributed by atoms with Crippen molar-refractivity contribution in [1.82, 2.24) is 0 Å². The maximum absolute atomic E-state index is 14.3. The highest BCUT2D eigenvalue weighted by Crippen LogP contribution is 2.65. The highest BCUT2D eigenvalue weighted by Gasteiger charge is 2.72. The molecule has 0 aliphatic heterocycles. The van der Waals surface area contributed by atoms with E-state index in [2.05, 4.69) is 0 Å². The van der Waals surface area contributed by atoms with Gasteiger partial charge in [0.1, 0.15) is 22.8 Å². The van der Waals surface area contributed by atoms with Crippen molar-refractivity contribution in [1.29, 1.82) is 0 Å². The fourth-order valence-corrected chi connectivity index (χ4v) is 7.55.